The van der Waals surface area contributed by atoms with E-state index in [2.05, 4.69) is 10.0 Å². The molecule has 1 aromatic rings. The maximum absolute atomic E-state index is 13.6. The van der Waals surface area contributed by atoms with Gasteiger partial charge in [0.05, 0.1) is 0 Å². The zero-order valence-electron chi connectivity index (χ0n) is 9.31. The standard InChI is InChI=1S/C12H13F2N3/c13-9-3-6-11(12(14)7-9)8-1-4-10(5-2-8)16-17-15/h3,6-8,10H,1-2,4-5H2. The van der Waals surface area contributed by atoms with Crippen LogP contribution < -0.4 is 0 Å². The molecular weight excluding hydrogens is 224 g/mol. The molecule has 0 bridgehead atoms. The van der Waals surface area contributed by atoms with Crippen LogP contribution in [-0.4, -0.2) is 6.04 Å². The van der Waals surface area contributed by atoms with Gasteiger partial charge in [0.25, 0.3) is 0 Å². The van der Waals surface area contributed by atoms with Crippen LogP contribution in [0.25, 0.3) is 10.4 Å². The highest BCUT2D eigenvalue weighted by Gasteiger charge is 2.23. The smallest absolute Gasteiger partial charge is 0.129 e. The molecule has 1 aliphatic rings. The number of benzene rings is 1. The highest BCUT2D eigenvalue weighted by molar-refractivity contribution is 5.23. The first kappa shape index (κ1) is 11.9. The van der Waals surface area contributed by atoms with Crippen LogP contribution in [0.1, 0.15) is 37.2 Å². The van der Waals surface area contributed by atoms with Crippen molar-refractivity contribution < 1.29 is 8.78 Å². The van der Waals surface area contributed by atoms with E-state index in [-0.39, 0.29) is 12.0 Å². The summed E-state index contributed by atoms with van der Waals surface area (Å²) < 4.78 is 26.3. The number of rotatable bonds is 2. The van der Waals surface area contributed by atoms with Crippen molar-refractivity contribution in [2.45, 2.75) is 37.6 Å². The maximum Gasteiger partial charge on any atom is 0.129 e. The monoisotopic (exact) mass is 237 g/mol. The SMILES string of the molecule is [N-]=[N+]=NC1CCC(c2ccc(F)cc2F)CC1. The van der Waals surface area contributed by atoms with E-state index >= 15 is 0 Å². The molecule has 0 heterocycles. The summed E-state index contributed by atoms with van der Waals surface area (Å²) in [5.41, 5.74) is 8.91. The van der Waals surface area contributed by atoms with Crippen molar-refractivity contribution in [1.29, 1.82) is 0 Å². The summed E-state index contributed by atoms with van der Waals surface area (Å²) in [5.74, 6) is -0.910. The number of azide groups is 1. The summed E-state index contributed by atoms with van der Waals surface area (Å²) >= 11 is 0. The molecule has 1 aromatic carbocycles. The largest absolute Gasteiger partial charge is 0.207 e. The number of hydrogen-bond acceptors (Lipinski definition) is 1. The average Bonchev–Trinajstić information content (AvgIpc) is 2.31. The van der Waals surface area contributed by atoms with Gasteiger partial charge in [-0.25, -0.2) is 8.78 Å². The van der Waals surface area contributed by atoms with Crippen molar-refractivity contribution in [3.8, 4) is 0 Å². The molecule has 1 fully saturated rings. The van der Waals surface area contributed by atoms with Crippen molar-refractivity contribution in [1.82, 2.24) is 0 Å². The third-order valence-electron chi connectivity index (χ3n) is 3.31. The van der Waals surface area contributed by atoms with Crippen LogP contribution in [-0.2, 0) is 0 Å². The van der Waals surface area contributed by atoms with Gasteiger partial charge < -0.3 is 0 Å². The minimum atomic E-state index is -0.547. The first-order valence-electron chi connectivity index (χ1n) is 5.70. The van der Waals surface area contributed by atoms with E-state index in [4.69, 9.17) is 5.53 Å². The molecule has 0 saturated heterocycles. The molecule has 2 rings (SSSR count). The van der Waals surface area contributed by atoms with Gasteiger partial charge >= 0.3 is 0 Å². The lowest BCUT2D eigenvalue weighted by atomic mass is 9.82. The van der Waals surface area contributed by atoms with Gasteiger partial charge in [0.15, 0.2) is 0 Å². The summed E-state index contributed by atoms with van der Waals surface area (Å²) in [6, 6.07) is 3.76. The Morgan fingerprint density at radius 1 is 1.18 bits per heavy atom. The molecule has 1 aliphatic carbocycles. The summed E-state index contributed by atoms with van der Waals surface area (Å²) in [6.07, 6.45) is 3.11. The lowest BCUT2D eigenvalue weighted by Gasteiger charge is -2.26. The van der Waals surface area contributed by atoms with Crippen molar-refractivity contribution >= 4 is 0 Å². The van der Waals surface area contributed by atoms with Gasteiger partial charge in [-0.2, -0.15) is 0 Å². The Labute approximate surface area is 98.1 Å². The van der Waals surface area contributed by atoms with Gasteiger partial charge in [-0.3, -0.25) is 0 Å². The number of halogens is 2. The average molecular weight is 237 g/mol. The first-order valence-corrected chi connectivity index (χ1v) is 5.70. The van der Waals surface area contributed by atoms with E-state index in [0.29, 0.717) is 5.56 Å². The highest BCUT2D eigenvalue weighted by Crippen LogP contribution is 2.35. The maximum atomic E-state index is 13.6. The predicted octanol–water partition coefficient (Wildman–Crippen LogP) is 4.30. The second-order valence-electron chi connectivity index (χ2n) is 4.38. The van der Waals surface area contributed by atoms with Crippen LogP contribution in [0, 0.1) is 11.6 Å². The van der Waals surface area contributed by atoms with Crippen LogP contribution in [0.5, 0.6) is 0 Å². The predicted molar refractivity (Wildman–Crippen MR) is 60.5 cm³/mol. The molecule has 0 aromatic heterocycles. The van der Waals surface area contributed by atoms with Crippen LogP contribution in [0.2, 0.25) is 0 Å². The van der Waals surface area contributed by atoms with Crippen LogP contribution in [0.4, 0.5) is 8.78 Å². The minimum Gasteiger partial charge on any atom is -0.207 e. The Balaban J connectivity index is 2.07. The zero-order chi connectivity index (χ0) is 12.3. The number of nitrogens with zero attached hydrogens (tertiary/aromatic N) is 3. The van der Waals surface area contributed by atoms with Gasteiger partial charge in [0.1, 0.15) is 11.6 Å². The molecular formula is C12H13F2N3. The Bertz CT molecular complexity index is 447. The molecule has 0 spiro atoms. The lowest BCUT2D eigenvalue weighted by Crippen LogP contribution is -2.16. The van der Waals surface area contributed by atoms with Gasteiger partial charge in [0.2, 0.25) is 0 Å². The third kappa shape index (κ3) is 2.74. The van der Waals surface area contributed by atoms with E-state index in [9.17, 15) is 8.78 Å². The van der Waals surface area contributed by atoms with E-state index in [0.717, 1.165) is 31.7 Å². The molecule has 90 valence electrons. The van der Waals surface area contributed by atoms with E-state index in [1.165, 1.54) is 12.1 Å². The Hall–Kier alpha value is -1.61. The topological polar surface area (TPSA) is 48.8 Å². The second-order valence-corrected chi connectivity index (χ2v) is 4.38. The third-order valence-corrected chi connectivity index (χ3v) is 3.31. The van der Waals surface area contributed by atoms with Crippen molar-refractivity contribution in [2.75, 3.05) is 0 Å². The normalized spacial score (nSPS) is 24.1. The molecule has 3 nitrogen and oxygen atoms in total. The summed E-state index contributed by atoms with van der Waals surface area (Å²) in [6.45, 7) is 0. The van der Waals surface area contributed by atoms with E-state index in [1.54, 1.807) is 0 Å². The van der Waals surface area contributed by atoms with Crippen molar-refractivity contribution in [3.05, 3.63) is 45.8 Å². The Morgan fingerprint density at radius 3 is 2.47 bits per heavy atom. The van der Waals surface area contributed by atoms with Gasteiger partial charge in [-0.1, -0.05) is 11.2 Å². The molecule has 1 saturated carbocycles. The molecule has 0 amide bonds. The first-order chi connectivity index (χ1) is 8.20. The molecule has 0 N–H and O–H groups in total. The van der Waals surface area contributed by atoms with Crippen LogP contribution in [0.3, 0.4) is 0 Å². The second kappa shape index (κ2) is 5.15. The van der Waals surface area contributed by atoms with Gasteiger partial charge in [-0.15, -0.1) is 0 Å². The summed E-state index contributed by atoms with van der Waals surface area (Å²) in [4.78, 5) is 2.79. The van der Waals surface area contributed by atoms with Gasteiger partial charge in [0, 0.05) is 17.0 Å². The van der Waals surface area contributed by atoms with Crippen LogP contribution >= 0.6 is 0 Å². The fourth-order valence-corrected chi connectivity index (χ4v) is 2.41. The lowest BCUT2D eigenvalue weighted by molar-refractivity contribution is 0.385. The Kier molecular flexibility index (Phi) is 3.59. The zero-order valence-corrected chi connectivity index (χ0v) is 9.31. The molecule has 17 heavy (non-hydrogen) atoms. The summed E-state index contributed by atoms with van der Waals surface area (Å²) in [7, 11) is 0. The van der Waals surface area contributed by atoms with Gasteiger partial charge in [-0.05, 0) is 48.8 Å². The van der Waals surface area contributed by atoms with E-state index in [1.807, 2.05) is 0 Å². The molecule has 0 aliphatic heterocycles. The summed E-state index contributed by atoms with van der Waals surface area (Å²) in [5, 5.41) is 3.68. The molecule has 5 heteroatoms. The minimum absolute atomic E-state index is 0.0276. The fourth-order valence-electron chi connectivity index (χ4n) is 2.41. The number of hydrogen-bond donors (Lipinski definition) is 0. The Morgan fingerprint density at radius 2 is 1.88 bits per heavy atom. The molecule has 0 atom stereocenters. The quantitative estimate of drug-likeness (QED) is 0.418. The van der Waals surface area contributed by atoms with Crippen molar-refractivity contribution in [3.63, 3.8) is 0 Å². The van der Waals surface area contributed by atoms with E-state index < -0.39 is 11.6 Å². The fraction of sp³-hybridized carbons (Fsp3) is 0.500. The van der Waals surface area contributed by atoms with Crippen molar-refractivity contribution in [2.24, 2.45) is 5.11 Å². The molecule has 0 radical (unpaired) electrons. The molecule has 0 unspecified atom stereocenters. The van der Waals surface area contributed by atoms with Crippen LogP contribution in [0.15, 0.2) is 23.3 Å². The highest BCUT2D eigenvalue weighted by atomic mass is 19.1.